The van der Waals surface area contributed by atoms with Crippen LogP contribution < -0.4 is 4.90 Å². The smallest absolute Gasteiger partial charge is 0.152 e. The minimum atomic E-state index is 0.719. The van der Waals surface area contributed by atoms with E-state index in [4.69, 9.17) is 4.42 Å². The van der Waals surface area contributed by atoms with Gasteiger partial charge in [0.25, 0.3) is 0 Å². The maximum absolute atomic E-state index is 11.0. The van der Waals surface area contributed by atoms with E-state index in [0.717, 1.165) is 35.2 Å². The number of aldehydes is 1. The fourth-order valence-corrected chi connectivity index (χ4v) is 1.86. The minimum absolute atomic E-state index is 0.719. The first-order valence-corrected chi connectivity index (χ1v) is 5.49. The molecule has 0 radical (unpaired) electrons. The molecule has 17 heavy (non-hydrogen) atoms. The van der Waals surface area contributed by atoms with Gasteiger partial charge in [0.15, 0.2) is 6.29 Å². The molecule has 2 rings (SSSR count). The summed E-state index contributed by atoms with van der Waals surface area (Å²) in [6, 6.07) is 7.80. The van der Waals surface area contributed by atoms with Gasteiger partial charge in [-0.05, 0) is 25.1 Å². The number of aryl methyl sites for hydroxylation is 1. The predicted octanol–water partition coefficient (Wildman–Crippen LogP) is 3.04. The van der Waals surface area contributed by atoms with Crippen molar-refractivity contribution in [2.45, 2.75) is 13.5 Å². The Kier molecular flexibility index (Phi) is 3.28. The van der Waals surface area contributed by atoms with Gasteiger partial charge in [-0.3, -0.25) is 4.79 Å². The third-order valence-corrected chi connectivity index (χ3v) is 2.72. The summed E-state index contributed by atoms with van der Waals surface area (Å²) in [6.45, 7) is 2.70. The fourth-order valence-electron chi connectivity index (χ4n) is 1.86. The van der Waals surface area contributed by atoms with Crippen molar-refractivity contribution < 1.29 is 9.21 Å². The summed E-state index contributed by atoms with van der Waals surface area (Å²) in [5.41, 5.74) is 3.83. The molecule has 0 atom stereocenters. The number of nitrogens with zero attached hydrogens (tertiary/aromatic N) is 1. The maximum Gasteiger partial charge on any atom is 0.152 e. The van der Waals surface area contributed by atoms with Crippen molar-refractivity contribution >= 4 is 12.0 Å². The molecule has 0 saturated carbocycles. The third kappa shape index (κ3) is 2.56. The molecule has 0 bridgehead atoms. The van der Waals surface area contributed by atoms with Gasteiger partial charge in [-0.25, -0.2) is 0 Å². The van der Waals surface area contributed by atoms with E-state index in [-0.39, 0.29) is 0 Å². The highest BCUT2D eigenvalue weighted by molar-refractivity contribution is 5.84. The molecule has 0 aliphatic rings. The maximum atomic E-state index is 11.0. The highest BCUT2D eigenvalue weighted by Gasteiger charge is 2.08. The van der Waals surface area contributed by atoms with Gasteiger partial charge in [-0.2, -0.15) is 0 Å². The second-order valence-corrected chi connectivity index (χ2v) is 4.17. The molecule has 0 unspecified atom stereocenters. The second kappa shape index (κ2) is 4.87. The largest absolute Gasteiger partial charge is 0.472 e. The molecule has 0 spiro atoms. The van der Waals surface area contributed by atoms with Crippen LogP contribution in [0.15, 0.2) is 41.2 Å². The predicted molar refractivity (Wildman–Crippen MR) is 67.4 cm³/mol. The third-order valence-electron chi connectivity index (χ3n) is 2.72. The van der Waals surface area contributed by atoms with E-state index >= 15 is 0 Å². The molecular formula is C14H15NO2. The Hall–Kier alpha value is -2.03. The number of hydrogen-bond acceptors (Lipinski definition) is 3. The lowest BCUT2D eigenvalue weighted by molar-refractivity contribution is 0.112. The average Bonchev–Trinajstić information content (AvgIpc) is 2.81. The molecule has 1 aromatic heterocycles. The van der Waals surface area contributed by atoms with Crippen LogP contribution in [0.2, 0.25) is 0 Å². The van der Waals surface area contributed by atoms with Crippen molar-refractivity contribution in [1.82, 2.24) is 0 Å². The Morgan fingerprint density at radius 2 is 2.18 bits per heavy atom. The van der Waals surface area contributed by atoms with Crippen LogP contribution >= 0.6 is 0 Å². The van der Waals surface area contributed by atoms with Crippen LogP contribution in [0.4, 0.5) is 5.69 Å². The van der Waals surface area contributed by atoms with Crippen LogP contribution in [0.5, 0.6) is 0 Å². The number of hydrogen-bond donors (Lipinski definition) is 0. The summed E-state index contributed by atoms with van der Waals surface area (Å²) in [6.07, 6.45) is 4.26. The molecule has 0 saturated heterocycles. The van der Waals surface area contributed by atoms with E-state index < -0.39 is 0 Å². The van der Waals surface area contributed by atoms with E-state index in [2.05, 4.69) is 0 Å². The summed E-state index contributed by atoms with van der Waals surface area (Å²) in [4.78, 5) is 13.1. The van der Waals surface area contributed by atoms with E-state index in [1.54, 1.807) is 12.5 Å². The zero-order valence-corrected chi connectivity index (χ0v) is 10.0. The highest BCUT2D eigenvalue weighted by atomic mass is 16.3. The molecule has 88 valence electrons. The fraction of sp³-hybridized carbons (Fsp3) is 0.214. The number of carbonyl (C=O) groups excluding carboxylic acids is 1. The van der Waals surface area contributed by atoms with E-state index in [1.165, 1.54) is 0 Å². The molecule has 2 aromatic rings. The summed E-state index contributed by atoms with van der Waals surface area (Å²) in [5.74, 6) is 0. The van der Waals surface area contributed by atoms with Gasteiger partial charge in [0.05, 0.1) is 12.5 Å². The van der Waals surface area contributed by atoms with E-state index in [0.29, 0.717) is 0 Å². The van der Waals surface area contributed by atoms with Gasteiger partial charge < -0.3 is 9.32 Å². The first kappa shape index (κ1) is 11.5. The summed E-state index contributed by atoms with van der Waals surface area (Å²) >= 11 is 0. The van der Waals surface area contributed by atoms with Crippen LogP contribution in [-0.2, 0) is 6.54 Å². The van der Waals surface area contributed by atoms with Crippen LogP contribution in [0, 0.1) is 6.92 Å². The lowest BCUT2D eigenvalue weighted by Gasteiger charge is -2.20. The van der Waals surface area contributed by atoms with Crippen molar-refractivity contribution in [3.8, 4) is 0 Å². The Labute approximate surface area is 101 Å². The molecule has 0 aliphatic heterocycles. The topological polar surface area (TPSA) is 33.5 Å². The normalized spacial score (nSPS) is 10.2. The summed E-state index contributed by atoms with van der Waals surface area (Å²) < 4.78 is 5.03. The van der Waals surface area contributed by atoms with Crippen LogP contribution in [0.25, 0.3) is 0 Å². The SMILES string of the molecule is Cc1ccc(N(C)Cc2ccoc2)c(C=O)c1. The lowest BCUT2D eigenvalue weighted by Crippen LogP contribution is -2.17. The number of carbonyl (C=O) groups is 1. The van der Waals surface area contributed by atoms with Crippen LogP contribution in [-0.4, -0.2) is 13.3 Å². The molecule has 1 heterocycles. The van der Waals surface area contributed by atoms with E-state index in [9.17, 15) is 4.79 Å². The molecule has 1 aromatic carbocycles. The van der Waals surface area contributed by atoms with E-state index in [1.807, 2.05) is 43.1 Å². The van der Waals surface area contributed by atoms with Gasteiger partial charge in [-0.15, -0.1) is 0 Å². The first-order chi connectivity index (χ1) is 8.20. The number of rotatable bonds is 4. The molecule has 0 aliphatic carbocycles. The second-order valence-electron chi connectivity index (χ2n) is 4.17. The van der Waals surface area contributed by atoms with Gasteiger partial charge in [0.1, 0.15) is 0 Å². The zero-order valence-electron chi connectivity index (χ0n) is 10.0. The number of furan rings is 1. The number of anilines is 1. The van der Waals surface area contributed by atoms with Crippen molar-refractivity contribution in [2.75, 3.05) is 11.9 Å². The highest BCUT2D eigenvalue weighted by Crippen LogP contribution is 2.21. The monoisotopic (exact) mass is 229 g/mol. The molecule has 0 amide bonds. The zero-order chi connectivity index (χ0) is 12.3. The molecular weight excluding hydrogens is 214 g/mol. The Morgan fingerprint density at radius 3 is 2.82 bits per heavy atom. The average molecular weight is 229 g/mol. The minimum Gasteiger partial charge on any atom is -0.472 e. The standard InChI is InChI=1S/C14H15NO2/c1-11-3-4-14(13(7-11)9-16)15(2)8-12-5-6-17-10-12/h3-7,9-10H,8H2,1-2H3. The van der Waals surface area contributed by atoms with Crippen molar-refractivity contribution in [3.05, 3.63) is 53.5 Å². The molecule has 3 heteroatoms. The van der Waals surface area contributed by atoms with Crippen molar-refractivity contribution in [2.24, 2.45) is 0 Å². The Morgan fingerprint density at radius 1 is 1.35 bits per heavy atom. The molecule has 3 nitrogen and oxygen atoms in total. The summed E-state index contributed by atoms with van der Waals surface area (Å²) in [5, 5.41) is 0. The molecule has 0 N–H and O–H groups in total. The van der Waals surface area contributed by atoms with Crippen molar-refractivity contribution in [1.29, 1.82) is 0 Å². The first-order valence-electron chi connectivity index (χ1n) is 5.49. The van der Waals surface area contributed by atoms with Gasteiger partial charge in [0.2, 0.25) is 0 Å². The quantitative estimate of drug-likeness (QED) is 0.755. The van der Waals surface area contributed by atoms with Crippen molar-refractivity contribution in [3.63, 3.8) is 0 Å². The number of benzene rings is 1. The molecule has 0 fully saturated rings. The Balaban J connectivity index is 2.24. The van der Waals surface area contributed by atoms with Gasteiger partial charge in [0, 0.05) is 30.4 Å². The van der Waals surface area contributed by atoms with Crippen LogP contribution in [0.3, 0.4) is 0 Å². The van der Waals surface area contributed by atoms with Crippen LogP contribution in [0.1, 0.15) is 21.5 Å². The van der Waals surface area contributed by atoms with Gasteiger partial charge in [-0.1, -0.05) is 11.6 Å². The summed E-state index contributed by atoms with van der Waals surface area (Å²) in [7, 11) is 1.96. The lowest BCUT2D eigenvalue weighted by atomic mass is 10.1. The van der Waals surface area contributed by atoms with Gasteiger partial charge >= 0.3 is 0 Å². The Bertz CT molecular complexity index is 503.